The van der Waals surface area contributed by atoms with Gasteiger partial charge in [0.2, 0.25) is 0 Å². The predicted molar refractivity (Wildman–Crippen MR) is 101 cm³/mol. The van der Waals surface area contributed by atoms with E-state index in [-0.39, 0.29) is 24.7 Å². The van der Waals surface area contributed by atoms with E-state index >= 15 is 0 Å². The molecule has 7 heteroatoms. The van der Waals surface area contributed by atoms with Crippen LogP contribution < -0.4 is 15.4 Å². The van der Waals surface area contributed by atoms with E-state index in [1.165, 1.54) is 0 Å². The van der Waals surface area contributed by atoms with Crippen molar-refractivity contribution in [3.63, 3.8) is 0 Å². The van der Waals surface area contributed by atoms with E-state index < -0.39 is 5.97 Å². The fourth-order valence-electron chi connectivity index (χ4n) is 3.46. The van der Waals surface area contributed by atoms with Gasteiger partial charge in [0.1, 0.15) is 5.75 Å². The molecular formula is C19H29N3O4. The lowest BCUT2D eigenvalue weighted by atomic mass is 9.85. The van der Waals surface area contributed by atoms with Crippen molar-refractivity contribution in [3.05, 3.63) is 22.8 Å². The van der Waals surface area contributed by atoms with Gasteiger partial charge in [-0.1, -0.05) is 6.92 Å². The van der Waals surface area contributed by atoms with Gasteiger partial charge in [-0.25, -0.2) is 4.79 Å². The summed E-state index contributed by atoms with van der Waals surface area (Å²) in [4.78, 5) is 25.2. The predicted octanol–water partition coefficient (Wildman–Crippen LogP) is 2.68. The minimum Gasteiger partial charge on any atom is -0.496 e. The van der Waals surface area contributed by atoms with Crippen LogP contribution in [-0.4, -0.2) is 54.3 Å². The van der Waals surface area contributed by atoms with Crippen molar-refractivity contribution in [2.24, 2.45) is 0 Å². The van der Waals surface area contributed by atoms with E-state index in [1.54, 1.807) is 7.11 Å². The number of carbonyl (C=O) groups is 2. The molecule has 1 aliphatic rings. The summed E-state index contributed by atoms with van der Waals surface area (Å²) >= 11 is 0. The van der Waals surface area contributed by atoms with E-state index in [0.29, 0.717) is 6.54 Å². The first-order chi connectivity index (χ1) is 12.3. The summed E-state index contributed by atoms with van der Waals surface area (Å²) in [6, 6.07) is 1.98. The number of carboxylic acid groups (broad SMARTS) is 1. The molecule has 0 saturated heterocycles. The molecule has 0 bridgehead atoms. The molecule has 1 fully saturated rings. The number of nitrogens with zero attached hydrogens (tertiary/aromatic N) is 1. The molecule has 1 saturated carbocycles. The topological polar surface area (TPSA) is 90.9 Å². The second-order valence-corrected chi connectivity index (χ2v) is 6.90. The molecule has 0 heterocycles. The Labute approximate surface area is 154 Å². The van der Waals surface area contributed by atoms with Crippen molar-refractivity contribution < 1.29 is 19.4 Å². The average molecular weight is 363 g/mol. The third-order valence-corrected chi connectivity index (χ3v) is 5.22. The SMILES string of the molecule is CCN(CC(=O)O)C1CC(NC(=O)Nc2c(C)cc(OC)c(C)c2C)C1. The first-order valence-electron chi connectivity index (χ1n) is 8.94. The van der Waals surface area contributed by atoms with Gasteiger partial charge in [-0.05, 0) is 62.9 Å². The van der Waals surface area contributed by atoms with Crippen molar-refractivity contribution in [1.29, 1.82) is 0 Å². The van der Waals surface area contributed by atoms with Crippen LogP contribution in [0.1, 0.15) is 36.5 Å². The van der Waals surface area contributed by atoms with Crippen LogP contribution in [0.3, 0.4) is 0 Å². The first kappa shape index (κ1) is 20.0. The molecule has 1 aromatic rings. The van der Waals surface area contributed by atoms with Gasteiger partial charge in [-0.3, -0.25) is 9.69 Å². The highest BCUT2D eigenvalue weighted by atomic mass is 16.5. The number of aryl methyl sites for hydroxylation is 1. The molecule has 0 aromatic heterocycles. The molecule has 2 amide bonds. The number of aliphatic carboxylic acids is 1. The van der Waals surface area contributed by atoms with Gasteiger partial charge in [0.15, 0.2) is 0 Å². The standard InChI is InChI=1S/C19H29N3O4/c1-6-22(10-17(23)24)15-8-14(9-15)20-19(25)21-18-11(2)7-16(26-5)12(3)13(18)4/h7,14-15H,6,8-10H2,1-5H3,(H,23,24)(H2,20,21,25). The fraction of sp³-hybridized carbons (Fsp3) is 0.579. The van der Waals surface area contributed by atoms with Crippen LogP contribution in [0.25, 0.3) is 0 Å². The second kappa shape index (κ2) is 8.40. The summed E-state index contributed by atoms with van der Waals surface area (Å²) in [7, 11) is 1.64. The Morgan fingerprint density at radius 2 is 1.92 bits per heavy atom. The molecule has 1 aliphatic carbocycles. The Kier molecular flexibility index (Phi) is 6.47. The van der Waals surface area contributed by atoms with Gasteiger partial charge in [0.05, 0.1) is 13.7 Å². The maximum Gasteiger partial charge on any atom is 0.319 e. The number of nitrogens with one attached hydrogen (secondary N) is 2. The maximum absolute atomic E-state index is 12.3. The number of carbonyl (C=O) groups excluding carboxylic acids is 1. The van der Waals surface area contributed by atoms with E-state index in [1.807, 2.05) is 38.7 Å². The van der Waals surface area contributed by atoms with Crippen LogP contribution in [-0.2, 0) is 4.79 Å². The Morgan fingerprint density at radius 3 is 2.46 bits per heavy atom. The van der Waals surface area contributed by atoms with Gasteiger partial charge in [0, 0.05) is 17.8 Å². The number of rotatable bonds is 7. The monoisotopic (exact) mass is 363 g/mol. The first-order valence-corrected chi connectivity index (χ1v) is 8.94. The van der Waals surface area contributed by atoms with Gasteiger partial charge in [-0.15, -0.1) is 0 Å². The molecule has 144 valence electrons. The zero-order chi connectivity index (χ0) is 19.4. The van der Waals surface area contributed by atoms with Crippen LogP contribution in [0, 0.1) is 20.8 Å². The highest BCUT2D eigenvalue weighted by molar-refractivity contribution is 5.91. The number of ether oxygens (including phenoxy) is 1. The summed E-state index contributed by atoms with van der Waals surface area (Å²) in [5, 5.41) is 14.9. The van der Waals surface area contributed by atoms with Gasteiger partial charge < -0.3 is 20.5 Å². The zero-order valence-electron chi connectivity index (χ0n) is 16.2. The lowest BCUT2D eigenvalue weighted by Crippen LogP contribution is -2.55. The molecule has 3 N–H and O–H groups in total. The van der Waals surface area contributed by atoms with Crippen LogP contribution in [0.15, 0.2) is 6.07 Å². The van der Waals surface area contributed by atoms with Crippen molar-refractivity contribution in [2.45, 2.75) is 52.6 Å². The molecule has 0 unspecified atom stereocenters. The molecule has 26 heavy (non-hydrogen) atoms. The third kappa shape index (κ3) is 4.46. The minimum absolute atomic E-state index is 0.0452. The van der Waals surface area contributed by atoms with Crippen molar-refractivity contribution >= 4 is 17.7 Å². The Bertz CT molecular complexity index is 684. The van der Waals surface area contributed by atoms with Crippen LogP contribution >= 0.6 is 0 Å². The maximum atomic E-state index is 12.3. The zero-order valence-corrected chi connectivity index (χ0v) is 16.2. The molecule has 0 aliphatic heterocycles. The highest BCUT2D eigenvalue weighted by Crippen LogP contribution is 2.31. The van der Waals surface area contributed by atoms with Crippen LogP contribution in [0.2, 0.25) is 0 Å². The number of likely N-dealkylation sites (N-methyl/N-ethyl adjacent to an activating group) is 1. The summed E-state index contributed by atoms with van der Waals surface area (Å²) in [5.41, 5.74) is 3.74. The third-order valence-electron chi connectivity index (χ3n) is 5.22. The normalized spacial score (nSPS) is 19.0. The number of hydrogen-bond donors (Lipinski definition) is 3. The van der Waals surface area contributed by atoms with Gasteiger partial charge in [-0.2, -0.15) is 0 Å². The van der Waals surface area contributed by atoms with Crippen molar-refractivity contribution in [3.8, 4) is 5.75 Å². The average Bonchev–Trinajstić information content (AvgIpc) is 2.55. The van der Waals surface area contributed by atoms with E-state index in [4.69, 9.17) is 9.84 Å². The minimum atomic E-state index is -0.818. The Balaban J connectivity index is 1.91. The summed E-state index contributed by atoms with van der Waals surface area (Å²) in [6.45, 7) is 8.56. The van der Waals surface area contributed by atoms with Gasteiger partial charge in [0.25, 0.3) is 0 Å². The summed E-state index contributed by atoms with van der Waals surface area (Å²) in [6.07, 6.45) is 1.54. The molecule has 0 spiro atoms. The van der Waals surface area contributed by atoms with E-state index in [2.05, 4.69) is 10.6 Å². The van der Waals surface area contributed by atoms with Gasteiger partial charge >= 0.3 is 12.0 Å². The molecular weight excluding hydrogens is 334 g/mol. The number of amides is 2. The van der Waals surface area contributed by atoms with Crippen LogP contribution in [0.4, 0.5) is 10.5 Å². The largest absolute Gasteiger partial charge is 0.496 e. The van der Waals surface area contributed by atoms with Crippen molar-refractivity contribution in [1.82, 2.24) is 10.2 Å². The summed E-state index contributed by atoms with van der Waals surface area (Å²) in [5.74, 6) is -0.00675. The Morgan fingerprint density at radius 1 is 1.27 bits per heavy atom. The Hall–Kier alpha value is -2.28. The second-order valence-electron chi connectivity index (χ2n) is 6.90. The lowest BCUT2D eigenvalue weighted by Gasteiger charge is -2.42. The molecule has 2 rings (SSSR count). The quantitative estimate of drug-likeness (QED) is 0.693. The van der Waals surface area contributed by atoms with E-state index in [9.17, 15) is 9.59 Å². The van der Waals surface area contributed by atoms with E-state index in [0.717, 1.165) is 41.0 Å². The smallest absolute Gasteiger partial charge is 0.319 e. The number of urea groups is 1. The molecule has 0 atom stereocenters. The number of anilines is 1. The number of hydrogen-bond acceptors (Lipinski definition) is 4. The molecule has 7 nitrogen and oxygen atoms in total. The van der Waals surface area contributed by atoms with Crippen molar-refractivity contribution in [2.75, 3.05) is 25.5 Å². The molecule has 1 aromatic carbocycles. The number of methoxy groups -OCH3 is 1. The molecule has 0 radical (unpaired) electrons. The number of benzene rings is 1. The van der Waals surface area contributed by atoms with Crippen LogP contribution in [0.5, 0.6) is 5.75 Å². The highest BCUT2D eigenvalue weighted by Gasteiger charge is 2.34. The number of carboxylic acids is 1. The fourth-order valence-corrected chi connectivity index (χ4v) is 3.46. The lowest BCUT2D eigenvalue weighted by molar-refractivity contribution is -0.139. The summed E-state index contributed by atoms with van der Waals surface area (Å²) < 4.78 is 5.36.